The van der Waals surface area contributed by atoms with Gasteiger partial charge in [0.05, 0.1) is 0 Å². The monoisotopic (exact) mass is 534 g/mol. The summed E-state index contributed by atoms with van der Waals surface area (Å²) in [5.74, 6) is 2.22. The second kappa shape index (κ2) is 9.92. The van der Waals surface area contributed by atoms with Crippen molar-refractivity contribution in [3.8, 4) is 0 Å². The first-order chi connectivity index (χ1) is 12.1. The molecular weight excluding hydrogens is 507 g/mol. The van der Waals surface area contributed by atoms with E-state index >= 15 is 0 Å². The molecule has 2 atom stereocenters. The van der Waals surface area contributed by atoms with E-state index in [0.717, 1.165) is 42.8 Å². The Morgan fingerprint density at radius 3 is 2.50 bits per heavy atom. The molecule has 5 nitrogen and oxygen atoms in total. The minimum Gasteiger partial charge on any atom is -0.359 e. The van der Waals surface area contributed by atoms with Crippen LogP contribution in [0.3, 0.4) is 0 Å². The van der Waals surface area contributed by atoms with Crippen LogP contribution in [0.2, 0.25) is 0 Å². The molecule has 1 aliphatic heterocycles. The number of nitrogens with zero attached hydrogens (tertiary/aromatic N) is 2. The van der Waals surface area contributed by atoms with Crippen LogP contribution in [0.1, 0.15) is 37.2 Å². The van der Waals surface area contributed by atoms with Crippen molar-refractivity contribution in [2.45, 2.75) is 37.6 Å². The van der Waals surface area contributed by atoms with Crippen molar-refractivity contribution in [1.29, 1.82) is 0 Å². The van der Waals surface area contributed by atoms with E-state index in [-0.39, 0.29) is 29.9 Å². The fourth-order valence-corrected chi connectivity index (χ4v) is 3.87. The molecule has 2 N–H and O–H groups in total. The molecule has 0 bridgehead atoms. The number of carbonyl (C=O) groups is 1. The average molecular weight is 535 g/mol. The highest BCUT2D eigenvalue weighted by molar-refractivity contribution is 14.0. The first kappa shape index (κ1) is 21.5. The number of rotatable bonds is 4. The van der Waals surface area contributed by atoms with Crippen LogP contribution in [-0.4, -0.2) is 50.0 Å². The Labute approximate surface area is 181 Å². The molecule has 3 rings (SSSR count). The van der Waals surface area contributed by atoms with Crippen molar-refractivity contribution in [3.63, 3.8) is 0 Å². The molecule has 0 aromatic heterocycles. The van der Waals surface area contributed by atoms with Gasteiger partial charge in [-0.25, -0.2) is 0 Å². The number of nitrogens with one attached hydrogen (secondary N) is 2. The lowest BCUT2D eigenvalue weighted by atomic mass is 9.93. The lowest BCUT2D eigenvalue weighted by Crippen LogP contribution is -2.46. The molecule has 2 fully saturated rings. The molecule has 2 unspecified atom stereocenters. The van der Waals surface area contributed by atoms with E-state index in [2.05, 4.69) is 60.7 Å². The van der Waals surface area contributed by atoms with E-state index in [1.165, 1.54) is 5.56 Å². The predicted octanol–water partition coefficient (Wildman–Crippen LogP) is 3.35. The topological polar surface area (TPSA) is 56.7 Å². The van der Waals surface area contributed by atoms with Gasteiger partial charge in [-0.15, -0.1) is 24.0 Å². The lowest BCUT2D eigenvalue weighted by Gasteiger charge is -2.34. The van der Waals surface area contributed by atoms with Gasteiger partial charge in [0.2, 0.25) is 5.91 Å². The van der Waals surface area contributed by atoms with E-state index in [1.807, 2.05) is 7.05 Å². The molecule has 1 aliphatic carbocycles. The highest BCUT2D eigenvalue weighted by atomic mass is 127. The molecule has 26 heavy (non-hydrogen) atoms. The third-order valence-electron chi connectivity index (χ3n) is 5.28. The largest absolute Gasteiger partial charge is 0.359 e. The van der Waals surface area contributed by atoms with Gasteiger partial charge in [-0.2, -0.15) is 0 Å². The summed E-state index contributed by atoms with van der Waals surface area (Å²) in [6.45, 7) is 1.94. The van der Waals surface area contributed by atoms with E-state index in [4.69, 9.17) is 0 Å². The first-order valence-electron chi connectivity index (χ1n) is 9.05. The number of carbonyl (C=O) groups excluding carboxylic acids is 1. The Hall–Kier alpha value is -0.830. The Morgan fingerprint density at radius 1 is 1.27 bits per heavy atom. The van der Waals surface area contributed by atoms with Gasteiger partial charge >= 0.3 is 0 Å². The number of benzene rings is 1. The number of likely N-dealkylation sites (tertiary alicyclic amines) is 1. The number of piperidine rings is 1. The number of hydrogen-bond donors (Lipinski definition) is 2. The number of guanidine groups is 1. The lowest BCUT2D eigenvalue weighted by molar-refractivity contribution is -0.121. The second-order valence-electron chi connectivity index (χ2n) is 7.00. The highest BCUT2D eigenvalue weighted by Crippen LogP contribution is 2.41. The summed E-state index contributed by atoms with van der Waals surface area (Å²) in [5, 5.41) is 6.35. The molecular formula is C19H28BrIN4O. The summed E-state index contributed by atoms with van der Waals surface area (Å²) in [7, 11) is 3.57. The van der Waals surface area contributed by atoms with Crippen molar-refractivity contribution >= 4 is 51.8 Å². The van der Waals surface area contributed by atoms with Crippen LogP contribution in [0.25, 0.3) is 0 Å². The molecule has 1 saturated heterocycles. The summed E-state index contributed by atoms with van der Waals surface area (Å²) >= 11 is 3.49. The van der Waals surface area contributed by atoms with Crippen molar-refractivity contribution in [2.75, 3.05) is 27.2 Å². The molecule has 2 aliphatic rings. The Kier molecular flexibility index (Phi) is 8.19. The molecule has 1 amide bonds. The van der Waals surface area contributed by atoms with Crippen LogP contribution in [0.5, 0.6) is 0 Å². The molecule has 144 valence electrons. The van der Waals surface area contributed by atoms with Crippen molar-refractivity contribution in [3.05, 3.63) is 34.3 Å². The van der Waals surface area contributed by atoms with E-state index in [0.29, 0.717) is 24.3 Å². The molecule has 1 heterocycles. The van der Waals surface area contributed by atoms with Gasteiger partial charge < -0.3 is 15.5 Å². The normalized spacial score (nSPS) is 23.2. The maximum absolute atomic E-state index is 11.5. The average Bonchev–Trinajstić information content (AvgIpc) is 3.40. The van der Waals surface area contributed by atoms with E-state index in [9.17, 15) is 4.79 Å². The highest BCUT2D eigenvalue weighted by Gasteiger charge is 2.39. The second-order valence-corrected chi connectivity index (χ2v) is 7.92. The van der Waals surface area contributed by atoms with Gasteiger partial charge in [-0.3, -0.25) is 9.79 Å². The van der Waals surface area contributed by atoms with Crippen molar-refractivity contribution in [2.24, 2.45) is 10.9 Å². The molecule has 0 spiro atoms. The third-order valence-corrected chi connectivity index (χ3v) is 5.81. The Balaban J connectivity index is 0.00000243. The third kappa shape index (κ3) is 5.58. The number of halogens is 2. The zero-order chi connectivity index (χ0) is 17.8. The van der Waals surface area contributed by atoms with Gasteiger partial charge in [-0.05, 0) is 42.9 Å². The maximum atomic E-state index is 11.5. The van der Waals surface area contributed by atoms with Gasteiger partial charge in [0.1, 0.15) is 0 Å². The summed E-state index contributed by atoms with van der Waals surface area (Å²) < 4.78 is 1.12. The molecule has 1 aromatic carbocycles. The van der Waals surface area contributed by atoms with E-state index in [1.54, 1.807) is 7.05 Å². The minimum absolute atomic E-state index is 0. The Morgan fingerprint density at radius 2 is 1.92 bits per heavy atom. The fourth-order valence-electron chi connectivity index (χ4n) is 3.61. The fraction of sp³-hybridized carbons (Fsp3) is 0.579. The molecule has 0 radical (unpaired) electrons. The van der Waals surface area contributed by atoms with E-state index < -0.39 is 0 Å². The standard InChI is InChI=1S/C19H27BrN4O.HI/c1-21-18(25)11-13-7-9-24(10-8-13)19(22-2)23-17-12-16(17)14-3-5-15(20)6-4-14;/h3-6,13,16-17H,7-12H2,1-2H3,(H,21,25)(H,22,23);1H. The zero-order valence-electron chi connectivity index (χ0n) is 15.4. The quantitative estimate of drug-likeness (QED) is 0.354. The smallest absolute Gasteiger partial charge is 0.220 e. The van der Waals surface area contributed by atoms with Gasteiger partial charge in [0, 0.05) is 50.0 Å². The predicted molar refractivity (Wildman–Crippen MR) is 120 cm³/mol. The first-order valence-corrected chi connectivity index (χ1v) is 9.84. The Bertz CT molecular complexity index is 629. The molecule has 7 heteroatoms. The van der Waals surface area contributed by atoms with Crippen LogP contribution < -0.4 is 10.6 Å². The number of aliphatic imine (C=N–C) groups is 1. The van der Waals surface area contributed by atoms with Gasteiger partial charge in [0.15, 0.2) is 5.96 Å². The number of hydrogen-bond acceptors (Lipinski definition) is 2. The summed E-state index contributed by atoms with van der Waals surface area (Å²) in [6, 6.07) is 9.09. The van der Waals surface area contributed by atoms with Crippen LogP contribution in [-0.2, 0) is 4.79 Å². The van der Waals surface area contributed by atoms with Crippen LogP contribution in [0.4, 0.5) is 0 Å². The van der Waals surface area contributed by atoms with Gasteiger partial charge in [-0.1, -0.05) is 28.1 Å². The van der Waals surface area contributed by atoms with Crippen LogP contribution in [0, 0.1) is 5.92 Å². The summed E-state index contributed by atoms with van der Waals surface area (Å²) in [6.07, 6.45) is 3.91. The van der Waals surface area contributed by atoms with Crippen molar-refractivity contribution < 1.29 is 4.79 Å². The molecule has 1 aromatic rings. The zero-order valence-corrected chi connectivity index (χ0v) is 19.3. The van der Waals surface area contributed by atoms with Crippen LogP contribution in [0.15, 0.2) is 33.7 Å². The van der Waals surface area contributed by atoms with Crippen molar-refractivity contribution in [1.82, 2.24) is 15.5 Å². The SMILES string of the molecule is CN=C(NC1CC1c1ccc(Br)cc1)N1CCC(CC(=O)NC)CC1.I. The summed E-state index contributed by atoms with van der Waals surface area (Å²) in [5.41, 5.74) is 1.39. The molecule has 1 saturated carbocycles. The maximum Gasteiger partial charge on any atom is 0.220 e. The summed E-state index contributed by atoms with van der Waals surface area (Å²) in [4.78, 5) is 18.3. The minimum atomic E-state index is 0. The van der Waals surface area contributed by atoms with Gasteiger partial charge in [0.25, 0.3) is 0 Å². The number of amides is 1. The van der Waals surface area contributed by atoms with Crippen LogP contribution >= 0.6 is 39.9 Å².